The third-order valence-electron chi connectivity index (χ3n) is 4.75. The minimum atomic E-state index is -0.245. The van der Waals surface area contributed by atoms with Crippen molar-refractivity contribution in [1.29, 1.82) is 5.26 Å². The van der Waals surface area contributed by atoms with Crippen LogP contribution in [0.15, 0.2) is 47.6 Å². The highest BCUT2D eigenvalue weighted by atomic mass is 35.5. The van der Waals surface area contributed by atoms with Crippen LogP contribution in [0.4, 0.5) is 5.69 Å². The van der Waals surface area contributed by atoms with Gasteiger partial charge in [0.15, 0.2) is 11.0 Å². The number of benzene rings is 2. The van der Waals surface area contributed by atoms with Gasteiger partial charge in [0.2, 0.25) is 5.91 Å². The van der Waals surface area contributed by atoms with E-state index in [4.69, 9.17) is 11.6 Å². The van der Waals surface area contributed by atoms with E-state index in [0.717, 1.165) is 11.4 Å². The van der Waals surface area contributed by atoms with Crippen molar-refractivity contribution in [3.8, 4) is 17.5 Å². The van der Waals surface area contributed by atoms with E-state index in [2.05, 4.69) is 60.6 Å². The number of nitrogens with zero attached hydrogens (tertiary/aromatic N) is 4. The summed E-state index contributed by atoms with van der Waals surface area (Å²) >= 11 is 7.28. The molecule has 0 aliphatic heterocycles. The van der Waals surface area contributed by atoms with Gasteiger partial charge >= 0.3 is 0 Å². The summed E-state index contributed by atoms with van der Waals surface area (Å²) in [7, 11) is 0. The Hall–Kier alpha value is -2.82. The number of carbonyl (C=O) groups excluding carboxylic acids is 1. The van der Waals surface area contributed by atoms with Crippen molar-refractivity contribution in [3.05, 3.63) is 58.6 Å². The maximum absolute atomic E-state index is 12.4. The molecule has 2 aromatic carbocycles. The second-order valence-electron chi connectivity index (χ2n) is 8.02. The number of aromatic nitrogens is 3. The van der Waals surface area contributed by atoms with Gasteiger partial charge in [0.1, 0.15) is 6.07 Å². The molecule has 0 atom stereocenters. The molecule has 0 fully saturated rings. The molecule has 1 N–H and O–H groups in total. The average Bonchev–Trinajstić information content (AvgIpc) is 3.15. The topological polar surface area (TPSA) is 83.6 Å². The van der Waals surface area contributed by atoms with Crippen LogP contribution in [0.5, 0.6) is 0 Å². The van der Waals surface area contributed by atoms with Crippen LogP contribution in [0.2, 0.25) is 5.02 Å². The number of thioether (sulfide) groups is 1. The van der Waals surface area contributed by atoms with Gasteiger partial charge in [0, 0.05) is 17.1 Å². The molecular weight excluding hydrogens is 430 g/mol. The number of halogens is 1. The summed E-state index contributed by atoms with van der Waals surface area (Å²) in [5.41, 5.74) is 3.08. The Morgan fingerprint density at radius 3 is 2.52 bits per heavy atom. The van der Waals surface area contributed by atoms with E-state index in [1.165, 1.54) is 17.3 Å². The minimum absolute atomic E-state index is 0.0831. The Morgan fingerprint density at radius 1 is 1.19 bits per heavy atom. The summed E-state index contributed by atoms with van der Waals surface area (Å²) in [6.07, 6.45) is 0. The quantitative estimate of drug-likeness (QED) is 0.497. The van der Waals surface area contributed by atoms with Crippen molar-refractivity contribution >= 4 is 35.0 Å². The van der Waals surface area contributed by atoms with Gasteiger partial charge in [-0.1, -0.05) is 68.4 Å². The lowest BCUT2D eigenvalue weighted by atomic mass is 9.87. The largest absolute Gasteiger partial charge is 0.324 e. The summed E-state index contributed by atoms with van der Waals surface area (Å²) in [5.74, 6) is 0.663. The fraction of sp³-hybridized carbons (Fsp3) is 0.304. The van der Waals surface area contributed by atoms with Gasteiger partial charge in [-0.3, -0.25) is 4.79 Å². The standard InChI is InChI=1S/C23H24ClN5OS/c1-5-29-21(15-6-9-17(10-7-15)23(2,3)4)27-28-22(29)31-14-20(30)26-19-12-18(24)11-8-16(19)13-25/h6-12H,5,14H2,1-4H3,(H,26,30). The number of hydrogen-bond acceptors (Lipinski definition) is 5. The molecule has 0 aliphatic carbocycles. The normalized spacial score (nSPS) is 11.2. The SMILES string of the molecule is CCn1c(SCC(=O)Nc2cc(Cl)ccc2C#N)nnc1-c1ccc(C(C)(C)C)cc1. The fourth-order valence-corrected chi connectivity index (χ4v) is 4.02. The maximum Gasteiger partial charge on any atom is 0.234 e. The molecule has 1 amide bonds. The first-order valence-electron chi connectivity index (χ1n) is 9.89. The van der Waals surface area contributed by atoms with Crippen LogP contribution in [0.25, 0.3) is 11.4 Å². The highest BCUT2D eigenvalue weighted by molar-refractivity contribution is 7.99. The van der Waals surface area contributed by atoms with Crippen molar-refractivity contribution in [1.82, 2.24) is 14.8 Å². The summed E-state index contributed by atoms with van der Waals surface area (Å²) in [6.45, 7) is 9.24. The predicted octanol–water partition coefficient (Wildman–Crippen LogP) is 5.52. The monoisotopic (exact) mass is 453 g/mol. The van der Waals surface area contributed by atoms with E-state index in [1.807, 2.05) is 17.6 Å². The second-order valence-corrected chi connectivity index (χ2v) is 9.40. The third-order valence-corrected chi connectivity index (χ3v) is 5.95. The van der Waals surface area contributed by atoms with Crippen LogP contribution in [0.3, 0.4) is 0 Å². The Kier molecular flexibility index (Phi) is 7.04. The Bertz CT molecular complexity index is 1130. The van der Waals surface area contributed by atoms with E-state index in [-0.39, 0.29) is 17.1 Å². The van der Waals surface area contributed by atoms with Gasteiger partial charge in [-0.05, 0) is 36.1 Å². The highest BCUT2D eigenvalue weighted by Crippen LogP contribution is 2.28. The molecule has 0 unspecified atom stereocenters. The molecule has 0 saturated carbocycles. The summed E-state index contributed by atoms with van der Waals surface area (Å²) in [6, 6.07) is 15.1. The molecule has 1 heterocycles. The molecule has 0 saturated heterocycles. The van der Waals surface area contributed by atoms with E-state index in [1.54, 1.807) is 18.2 Å². The molecule has 8 heteroatoms. The summed E-state index contributed by atoms with van der Waals surface area (Å²) in [4.78, 5) is 12.4. The van der Waals surface area contributed by atoms with E-state index >= 15 is 0 Å². The van der Waals surface area contributed by atoms with Crippen molar-refractivity contribution in [2.24, 2.45) is 0 Å². The van der Waals surface area contributed by atoms with Gasteiger partial charge in [0.05, 0.1) is 17.0 Å². The van der Waals surface area contributed by atoms with Gasteiger partial charge < -0.3 is 9.88 Å². The molecule has 1 aromatic heterocycles. The number of carbonyl (C=O) groups is 1. The molecule has 6 nitrogen and oxygen atoms in total. The Balaban J connectivity index is 1.72. The number of amides is 1. The highest BCUT2D eigenvalue weighted by Gasteiger charge is 2.17. The number of rotatable bonds is 6. The smallest absolute Gasteiger partial charge is 0.234 e. The molecule has 0 aliphatic rings. The lowest BCUT2D eigenvalue weighted by molar-refractivity contribution is -0.113. The average molecular weight is 454 g/mol. The van der Waals surface area contributed by atoms with Gasteiger partial charge in [-0.2, -0.15) is 5.26 Å². The molecule has 3 rings (SSSR count). The lowest BCUT2D eigenvalue weighted by Crippen LogP contribution is -2.15. The van der Waals surface area contributed by atoms with E-state index in [9.17, 15) is 10.1 Å². The maximum atomic E-state index is 12.4. The van der Waals surface area contributed by atoms with Crippen molar-refractivity contribution < 1.29 is 4.79 Å². The molecule has 0 bridgehead atoms. The molecule has 3 aromatic rings. The molecule has 0 spiro atoms. The summed E-state index contributed by atoms with van der Waals surface area (Å²) in [5, 5.41) is 21.7. The number of anilines is 1. The number of nitrogens with one attached hydrogen (secondary N) is 1. The molecular formula is C23H24ClN5OS. The first kappa shape index (κ1) is 22.9. The summed E-state index contributed by atoms with van der Waals surface area (Å²) < 4.78 is 1.99. The predicted molar refractivity (Wildman–Crippen MR) is 125 cm³/mol. The third kappa shape index (κ3) is 5.46. The van der Waals surface area contributed by atoms with Gasteiger partial charge in [0.25, 0.3) is 0 Å². The Morgan fingerprint density at radius 2 is 1.90 bits per heavy atom. The van der Waals surface area contributed by atoms with Crippen LogP contribution >= 0.6 is 23.4 Å². The number of nitriles is 1. The van der Waals surface area contributed by atoms with Gasteiger partial charge in [-0.15, -0.1) is 10.2 Å². The fourth-order valence-electron chi connectivity index (χ4n) is 3.05. The lowest BCUT2D eigenvalue weighted by Gasteiger charge is -2.19. The van der Waals surface area contributed by atoms with Crippen molar-refractivity contribution in [2.45, 2.75) is 44.8 Å². The molecule has 0 radical (unpaired) electrons. The van der Waals surface area contributed by atoms with Crippen molar-refractivity contribution in [2.75, 3.05) is 11.1 Å². The minimum Gasteiger partial charge on any atom is -0.324 e. The zero-order valence-corrected chi connectivity index (χ0v) is 19.5. The van der Waals surface area contributed by atoms with Crippen LogP contribution in [-0.2, 0) is 16.8 Å². The van der Waals surface area contributed by atoms with Crippen LogP contribution in [-0.4, -0.2) is 26.4 Å². The van der Waals surface area contributed by atoms with E-state index in [0.29, 0.717) is 28.0 Å². The van der Waals surface area contributed by atoms with E-state index < -0.39 is 0 Å². The van der Waals surface area contributed by atoms with Crippen molar-refractivity contribution in [3.63, 3.8) is 0 Å². The number of hydrogen-bond donors (Lipinski definition) is 1. The van der Waals surface area contributed by atoms with Crippen LogP contribution in [0.1, 0.15) is 38.8 Å². The zero-order valence-electron chi connectivity index (χ0n) is 17.9. The second kappa shape index (κ2) is 9.54. The first-order valence-corrected chi connectivity index (χ1v) is 11.3. The molecule has 160 valence electrons. The van der Waals surface area contributed by atoms with Crippen LogP contribution < -0.4 is 5.32 Å². The Labute approximate surface area is 191 Å². The molecule has 31 heavy (non-hydrogen) atoms. The van der Waals surface area contributed by atoms with Gasteiger partial charge in [-0.25, -0.2) is 0 Å². The first-order chi connectivity index (χ1) is 14.7. The zero-order chi connectivity index (χ0) is 22.6. The van der Waals surface area contributed by atoms with Crippen LogP contribution in [0, 0.1) is 11.3 Å².